The molecule has 54 valence electrons. The molecule has 0 heterocycles. The van der Waals surface area contributed by atoms with Crippen LogP contribution in [0.5, 0.6) is 0 Å². The van der Waals surface area contributed by atoms with E-state index in [9.17, 15) is 9.59 Å². The van der Waals surface area contributed by atoms with Gasteiger partial charge in [0.15, 0.2) is 0 Å². The van der Waals surface area contributed by atoms with Crippen molar-refractivity contribution in [1.82, 2.24) is 0 Å². The van der Waals surface area contributed by atoms with Gasteiger partial charge >= 0.3 is 0 Å². The minimum atomic E-state index is -0.544. The summed E-state index contributed by atoms with van der Waals surface area (Å²) < 4.78 is 0. The standard InChI is InChI=1S/C8H5NO2/c9-4-3-6-1-2-7(10)8(11)5-6/h1-2,5H,3H2. The molecule has 0 fully saturated rings. The second-order valence-corrected chi connectivity index (χ2v) is 2.12. The zero-order chi connectivity index (χ0) is 8.27. The van der Waals surface area contributed by atoms with E-state index in [1.54, 1.807) is 0 Å². The highest BCUT2D eigenvalue weighted by Crippen LogP contribution is 2.07. The number of nitrogens with zero attached hydrogens (tertiary/aromatic N) is 1. The molecule has 0 saturated heterocycles. The highest BCUT2D eigenvalue weighted by Gasteiger charge is 2.12. The van der Waals surface area contributed by atoms with Gasteiger partial charge in [0.25, 0.3) is 0 Å². The lowest BCUT2D eigenvalue weighted by Crippen LogP contribution is -2.11. The van der Waals surface area contributed by atoms with Crippen LogP contribution in [-0.2, 0) is 9.59 Å². The quantitative estimate of drug-likeness (QED) is 0.401. The Hall–Kier alpha value is -1.69. The summed E-state index contributed by atoms with van der Waals surface area (Å²) in [5, 5.41) is 8.25. The first-order valence-electron chi connectivity index (χ1n) is 3.08. The second kappa shape index (κ2) is 2.93. The molecule has 0 radical (unpaired) electrons. The zero-order valence-electron chi connectivity index (χ0n) is 5.70. The highest BCUT2D eigenvalue weighted by molar-refractivity contribution is 6.46. The van der Waals surface area contributed by atoms with E-state index in [0.29, 0.717) is 5.57 Å². The van der Waals surface area contributed by atoms with Crippen molar-refractivity contribution in [2.24, 2.45) is 0 Å². The summed E-state index contributed by atoms with van der Waals surface area (Å²) in [5.41, 5.74) is 0.595. The number of hydrogen-bond donors (Lipinski definition) is 0. The monoisotopic (exact) mass is 147 g/mol. The van der Waals surface area contributed by atoms with Crippen molar-refractivity contribution in [3.8, 4) is 6.07 Å². The van der Waals surface area contributed by atoms with E-state index in [2.05, 4.69) is 0 Å². The molecule has 11 heavy (non-hydrogen) atoms. The summed E-state index contributed by atoms with van der Waals surface area (Å²) in [5.74, 6) is -1.07. The zero-order valence-corrected chi connectivity index (χ0v) is 5.70. The molecule has 0 amide bonds. The van der Waals surface area contributed by atoms with Gasteiger partial charge in [-0.05, 0) is 17.7 Å². The Morgan fingerprint density at radius 3 is 2.55 bits per heavy atom. The third-order valence-corrected chi connectivity index (χ3v) is 1.29. The van der Waals surface area contributed by atoms with E-state index < -0.39 is 11.6 Å². The van der Waals surface area contributed by atoms with Crippen LogP contribution in [0.15, 0.2) is 23.8 Å². The minimum absolute atomic E-state index is 0.176. The van der Waals surface area contributed by atoms with Crippen LogP contribution >= 0.6 is 0 Å². The summed E-state index contributed by atoms with van der Waals surface area (Å²) in [6, 6.07) is 1.89. The molecule has 0 saturated carbocycles. The summed E-state index contributed by atoms with van der Waals surface area (Å²) in [6.07, 6.45) is 4.06. The van der Waals surface area contributed by atoms with Gasteiger partial charge in [0.05, 0.1) is 12.5 Å². The van der Waals surface area contributed by atoms with Gasteiger partial charge in [-0.2, -0.15) is 5.26 Å². The normalized spacial score (nSPS) is 16.1. The Balaban J connectivity index is 2.82. The van der Waals surface area contributed by atoms with Crippen molar-refractivity contribution in [3.63, 3.8) is 0 Å². The lowest BCUT2D eigenvalue weighted by Gasteiger charge is -1.98. The van der Waals surface area contributed by atoms with Gasteiger partial charge in [0.1, 0.15) is 0 Å². The lowest BCUT2D eigenvalue weighted by molar-refractivity contribution is -0.131. The predicted octanol–water partition coefficient (Wildman–Crippen LogP) is 0.534. The molecule has 0 spiro atoms. The van der Waals surface area contributed by atoms with Crippen LogP contribution in [-0.4, -0.2) is 11.6 Å². The van der Waals surface area contributed by atoms with Crippen molar-refractivity contribution in [1.29, 1.82) is 5.26 Å². The van der Waals surface area contributed by atoms with Gasteiger partial charge in [0, 0.05) is 0 Å². The van der Waals surface area contributed by atoms with Crippen molar-refractivity contribution in [2.75, 3.05) is 0 Å². The number of ketones is 2. The molecule has 1 aliphatic carbocycles. The average Bonchev–Trinajstić information content (AvgIpc) is 1.98. The molecule has 3 heteroatoms. The Bertz CT molecular complexity index is 305. The van der Waals surface area contributed by atoms with Crippen LogP contribution in [0.1, 0.15) is 6.42 Å². The Labute approximate surface area is 63.6 Å². The molecule has 0 N–H and O–H groups in total. The van der Waals surface area contributed by atoms with Crippen LogP contribution in [0.2, 0.25) is 0 Å². The molecule has 0 aromatic carbocycles. The molecular weight excluding hydrogens is 142 g/mol. The Morgan fingerprint density at radius 1 is 1.27 bits per heavy atom. The SMILES string of the molecule is N#CCC1=CC(=O)C(=O)C=C1. The third kappa shape index (κ3) is 1.62. The van der Waals surface area contributed by atoms with E-state index in [0.717, 1.165) is 0 Å². The largest absolute Gasteiger partial charge is 0.286 e. The molecule has 0 aromatic heterocycles. The van der Waals surface area contributed by atoms with Gasteiger partial charge < -0.3 is 0 Å². The minimum Gasteiger partial charge on any atom is -0.286 e. The molecule has 0 aliphatic heterocycles. The first-order valence-corrected chi connectivity index (χ1v) is 3.08. The molecule has 1 aliphatic rings. The van der Waals surface area contributed by atoms with Crippen LogP contribution in [0.4, 0.5) is 0 Å². The van der Waals surface area contributed by atoms with Crippen molar-refractivity contribution in [2.45, 2.75) is 6.42 Å². The summed E-state index contributed by atoms with van der Waals surface area (Å²) in [6.45, 7) is 0. The fourth-order valence-electron chi connectivity index (χ4n) is 0.754. The number of carbonyl (C=O) groups is 2. The predicted molar refractivity (Wildman–Crippen MR) is 37.5 cm³/mol. The molecular formula is C8H5NO2. The maximum absolute atomic E-state index is 10.7. The number of hydrogen-bond acceptors (Lipinski definition) is 3. The van der Waals surface area contributed by atoms with Crippen molar-refractivity contribution in [3.05, 3.63) is 23.8 Å². The van der Waals surface area contributed by atoms with E-state index in [-0.39, 0.29) is 6.42 Å². The van der Waals surface area contributed by atoms with Crippen molar-refractivity contribution < 1.29 is 9.59 Å². The van der Waals surface area contributed by atoms with Gasteiger partial charge in [-0.1, -0.05) is 6.08 Å². The summed E-state index contributed by atoms with van der Waals surface area (Å²) in [7, 11) is 0. The Kier molecular flexibility index (Phi) is 1.98. The molecule has 1 rings (SSSR count). The van der Waals surface area contributed by atoms with E-state index in [4.69, 9.17) is 5.26 Å². The van der Waals surface area contributed by atoms with Crippen molar-refractivity contribution >= 4 is 11.6 Å². The molecule has 0 atom stereocenters. The topological polar surface area (TPSA) is 57.9 Å². The van der Waals surface area contributed by atoms with Crippen LogP contribution in [0, 0.1) is 11.3 Å². The van der Waals surface area contributed by atoms with E-state index >= 15 is 0 Å². The number of nitriles is 1. The molecule has 3 nitrogen and oxygen atoms in total. The second-order valence-electron chi connectivity index (χ2n) is 2.12. The highest BCUT2D eigenvalue weighted by atomic mass is 16.2. The number of rotatable bonds is 1. The van der Waals surface area contributed by atoms with E-state index in [1.165, 1.54) is 18.2 Å². The lowest BCUT2D eigenvalue weighted by atomic mass is 10.0. The van der Waals surface area contributed by atoms with E-state index in [1.807, 2.05) is 6.07 Å². The van der Waals surface area contributed by atoms with Crippen LogP contribution in [0.25, 0.3) is 0 Å². The maximum atomic E-state index is 10.7. The van der Waals surface area contributed by atoms with Gasteiger partial charge in [-0.25, -0.2) is 0 Å². The maximum Gasteiger partial charge on any atom is 0.226 e. The Morgan fingerprint density at radius 2 is 2.00 bits per heavy atom. The smallest absolute Gasteiger partial charge is 0.226 e. The average molecular weight is 147 g/mol. The first-order chi connectivity index (χ1) is 5.24. The third-order valence-electron chi connectivity index (χ3n) is 1.29. The first kappa shape index (κ1) is 7.42. The van der Waals surface area contributed by atoms with Gasteiger partial charge in [-0.3, -0.25) is 9.59 Å². The fraction of sp³-hybridized carbons (Fsp3) is 0.125. The number of allylic oxidation sites excluding steroid dienone is 4. The number of carbonyl (C=O) groups excluding carboxylic acids is 2. The van der Waals surface area contributed by atoms with Crippen LogP contribution in [0.3, 0.4) is 0 Å². The molecule has 0 bridgehead atoms. The summed E-state index contributed by atoms with van der Waals surface area (Å²) >= 11 is 0. The molecule has 0 unspecified atom stereocenters. The fourth-order valence-corrected chi connectivity index (χ4v) is 0.754. The van der Waals surface area contributed by atoms with Gasteiger partial charge in [0.2, 0.25) is 11.6 Å². The molecule has 0 aromatic rings. The van der Waals surface area contributed by atoms with Crippen LogP contribution < -0.4 is 0 Å². The summed E-state index contributed by atoms with van der Waals surface area (Å²) in [4.78, 5) is 21.3. The van der Waals surface area contributed by atoms with Gasteiger partial charge in [-0.15, -0.1) is 0 Å².